The van der Waals surface area contributed by atoms with Crippen LogP contribution in [-0.4, -0.2) is 183 Å². The second-order valence-electron chi connectivity index (χ2n) is 22.3. The van der Waals surface area contributed by atoms with Crippen LogP contribution in [0.4, 0.5) is 0 Å². The fraction of sp³-hybridized carbons (Fsp3) is 0.891. The quantitative estimate of drug-likeness (QED) is 0.0465. The number of carbonyl (C=O) groups is 1. The third kappa shape index (κ3) is 25.0. The lowest BCUT2D eigenvalue weighted by Crippen LogP contribution is -2.42. The Morgan fingerprint density at radius 3 is 1.89 bits per heavy atom. The van der Waals surface area contributed by atoms with E-state index in [1.54, 1.807) is 6.92 Å². The van der Waals surface area contributed by atoms with E-state index >= 15 is 0 Å². The van der Waals surface area contributed by atoms with Gasteiger partial charge in [0.05, 0.1) is 79.7 Å². The number of hydrogen-bond acceptors (Lipinski definition) is 17. The van der Waals surface area contributed by atoms with Gasteiger partial charge in [-0.2, -0.15) is 0 Å². The smallest absolute Gasteiger partial charge is 0.311 e. The summed E-state index contributed by atoms with van der Waals surface area (Å²) in [5.41, 5.74) is 12.4. The minimum atomic E-state index is -1.52. The largest absolute Gasteiger partial charge is 0.461 e. The van der Waals surface area contributed by atoms with Crippen LogP contribution in [0.3, 0.4) is 0 Å². The summed E-state index contributed by atoms with van der Waals surface area (Å²) in [4.78, 5) is 18.2. The van der Waals surface area contributed by atoms with Crippen LogP contribution in [0.1, 0.15) is 176 Å². The van der Waals surface area contributed by atoms with Gasteiger partial charge in [-0.05, 0) is 141 Å². The summed E-state index contributed by atoms with van der Waals surface area (Å²) in [5.74, 6) is -3.70. The standard InChI is InChI=1S/C55H103N3O16/c1-7-8-19-43-49(69)33(3)22-23-38(61)17-11-16-37(60)18-12-20-45(66)34(4)26-44(53-51(71)50(70)48(31-59)73-53)47(68)30-42(65)29-41(64)28-40(63)27-39(62)15-10-9-14-32(2)25-35(5)52(74-54(43)72)36(6)46(67)21-13-24-58-55(56)57/h25-26,33,35-53,59-71H,7-24,27-31H2,1-6H3,(H4,56,57,58)/b32-25+,34-26+/t33?,35?,36?,37?,38?,39?,40?,41?,42?,43?,44?,45?,46?,47?,48-,49?,50-,51+,52?,53-/m1/s1. The second-order valence-corrected chi connectivity index (χ2v) is 22.3. The Hall–Kier alpha value is -2.34. The third-order valence-electron chi connectivity index (χ3n) is 15.5. The van der Waals surface area contributed by atoms with Crippen LogP contribution in [0.15, 0.2) is 28.3 Å². The van der Waals surface area contributed by atoms with Crippen LogP contribution < -0.4 is 11.5 Å². The van der Waals surface area contributed by atoms with Crippen LogP contribution in [0.25, 0.3) is 0 Å². The van der Waals surface area contributed by atoms with Crippen molar-refractivity contribution in [2.75, 3.05) is 13.2 Å². The molecule has 0 aromatic heterocycles. The summed E-state index contributed by atoms with van der Waals surface area (Å²) in [6, 6.07) is 0. The zero-order valence-corrected chi connectivity index (χ0v) is 45.6. The van der Waals surface area contributed by atoms with Crippen molar-refractivity contribution in [1.29, 1.82) is 0 Å². The SMILES string of the molecule is CCCCC1C(=O)OC(C(C)C(O)CCCN=C(N)N)C(C)/C=C(\C)CCCCC(O)CC(O)CC(O)CC(O)CC(O)C([C@H]2O[C@H](CO)[C@@H](O)[C@@H]2O)/C=C(\C)C(O)CCCC(O)CCCC(O)CCC(C)C1O. The van der Waals surface area contributed by atoms with E-state index < -0.39 is 122 Å². The van der Waals surface area contributed by atoms with Crippen LogP contribution in [0, 0.1) is 29.6 Å². The van der Waals surface area contributed by atoms with Crippen LogP contribution in [-0.2, 0) is 14.3 Å². The number of nitrogens with zero attached hydrogens (tertiary/aromatic N) is 1. The number of rotatable bonds is 11. The average Bonchev–Trinajstić information content (AvgIpc) is 3.61. The highest BCUT2D eigenvalue weighted by Gasteiger charge is 2.47. The van der Waals surface area contributed by atoms with Gasteiger partial charge in [0.15, 0.2) is 5.96 Å². The summed E-state index contributed by atoms with van der Waals surface area (Å²) in [6.07, 6.45) is -5.29. The van der Waals surface area contributed by atoms with Crippen molar-refractivity contribution in [1.82, 2.24) is 0 Å². The molecule has 19 heteroatoms. The second kappa shape index (κ2) is 36.0. The molecule has 17 N–H and O–H groups in total. The van der Waals surface area contributed by atoms with E-state index in [2.05, 4.69) is 4.99 Å². The molecule has 0 radical (unpaired) electrons. The maximum Gasteiger partial charge on any atom is 0.311 e. The van der Waals surface area contributed by atoms with Crippen molar-refractivity contribution in [2.45, 2.75) is 268 Å². The van der Waals surface area contributed by atoms with E-state index in [9.17, 15) is 71.2 Å². The molecule has 0 spiro atoms. The van der Waals surface area contributed by atoms with E-state index in [4.69, 9.17) is 20.9 Å². The maximum atomic E-state index is 14.2. The lowest BCUT2D eigenvalue weighted by atomic mass is 9.84. The molecule has 2 heterocycles. The van der Waals surface area contributed by atoms with Gasteiger partial charge in [-0.1, -0.05) is 64.7 Å². The molecular weight excluding hydrogens is 959 g/mol. The zero-order valence-electron chi connectivity index (χ0n) is 45.6. The monoisotopic (exact) mass is 1060 g/mol. The fourth-order valence-electron chi connectivity index (χ4n) is 10.7. The van der Waals surface area contributed by atoms with Crippen molar-refractivity contribution in [3.05, 3.63) is 23.3 Å². The maximum absolute atomic E-state index is 14.2. The number of esters is 1. The van der Waals surface area contributed by atoms with Gasteiger partial charge in [-0.3, -0.25) is 9.79 Å². The van der Waals surface area contributed by atoms with Crippen LogP contribution in [0.5, 0.6) is 0 Å². The number of cyclic esters (lactones) is 1. The fourth-order valence-corrected chi connectivity index (χ4v) is 10.7. The first-order valence-electron chi connectivity index (χ1n) is 27.9. The Bertz CT molecular complexity index is 1620. The van der Waals surface area contributed by atoms with Gasteiger partial charge in [-0.15, -0.1) is 0 Å². The molecule has 0 aliphatic carbocycles. The minimum Gasteiger partial charge on any atom is -0.461 e. The number of carbonyl (C=O) groups excluding carboxylic acids is 1. The molecule has 20 atom stereocenters. The number of aliphatic imine (C=N–C) groups is 1. The molecule has 1 saturated heterocycles. The average molecular weight is 1060 g/mol. The molecule has 434 valence electrons. The van der Waals surface area contributed by atoms with Crippen molar-refractivity contribution < 1.29 is 80.7 Å². The zero-order chi connectivity index (χ0) is 55.7. The molecule has 19 nitrogen and oxygen atoms in total. The number of aliphatic hydroxyl groups excluding tert-OH is 13. The highest BCUT2D eigenvalue weighted by atomic mass is 16.6. The van der Waals surface area contributed by atoms with E-state index in [1.807, 2.05) is 40.7 Å². The van der Waals surface area contributed by atoms with E-state index in [1.165, 1.54) is 6.08 Å². The van der Waals surface area contributed by atoms with Crippen molar-refractivity contribution in [3.63, 3.8) is 0 Å². The van der Waals surface area contributed by atoms with Crippen LogP contribution in [0.2, 0.25) is 0 Å². The molecule has 2 rings (SSSR count). The molecule has 0 bridgehead atoms. The summed E-state index contributed by atoms with van der Waals surface area (Å²) < 4.78 is 12.1. The van der Waals surface area contributed by atoms with Gasteiger partial charge in [0.1, 0.15) is 24.4 Å². The molecule has 74 heavy (non-hydrogen) atoms. The molecule has 1 fully saturated rings. The summed E-state index contributed by atoms with van der Waals surface area (Å²) in [6.45, 7) is 10.9. The number of unbranched alkanes of at least 4 members (excludes halogenated alkanes) is 1. The molecule has 0 saturated carbocycles. The predicted molar refractivity (Wildman–Crippen MR) is 283 cm³/mol. The lowest BCUT2D eigenvalue weighted by molar-refractivity contribution is -0.167. The molecule has 16 unspecified atom stereocenters. The lowest BCUT2D eigenvalue weighted by Gasteiger charge is -2.34. The van der Waals surface area contributed by atoms with Gasteiger partial charge < -0.3 is 87.3 Å². The van der Waals surface area contributed by atoms with Crippen molar-refractivity contribution in [3.8, 4) is 0 Å². The third-order valence-corrected chi connectivity index (χ3v) is 15.5. The van der Waals surface area contributed by atoms with Crippen LogP contribution >= 0.6 is 0 Å². The number of hydrogen-bond donors (Lipinski definition) is 15. The minimum absolute atomic E-state index is 0.0196. The Morgan fingerprint density at radius 1 is 0.716 bits per heavy atom. The Morgan fingerprint density at radius 2 is 1.30 bits per heavy atom. The molecular formula is C55H103N3O16. The van der Waals surface area contributed by atoms with Gasteiger partial charge in [0.2, 0.25) is 0 Å². The molecule has 0 aromatic carbocycles. The van der Waals surface area contributed by atoms with Crippen molar-refractivity contribution in [2.24, 2.45) is 46.0 Å². The Balaban J connectivity index is 2.35. The first-order valence-corrected chi connectivity index (χ1v) is 27.9. The van der Waals surface area contributed by atoms with Gasteiger partial charge in [0.25, 0.3) is 0 Å². The molecule has 0 aromatic rings. The Kier molecular flexibility index (Phi) is 32.9. The number of allylic oxidation sites excluding steroid dienone is 1. The summed E-state index contributed by atoms with van der Waals surface area (Å²) >= 11 is 0. The van der Waals surface area contributed by atoms with E-state index in [0.29, 0.717) is 108 Å². The first-order chi connectivity index (χ1) is 34.9. The molecule has 2 aliphatic rings. The molecule has 0 amide bonds. The highest BCUT2D eigenvalue weighted by Crippen LogP contribution is 2.34. The Labute approximate surface area is 441 Å². The number of ether oxygens (including phenoxy) is 2. The van der Waals surface area contributed by atoms with E-state index in [0.717, 1.165) is 12.0 Å². The number of aliphatic hydroxyl groups is 13. The van der Waals surface area contributed by atoms with Crippen molar-refractivity contribution >= 4 is 11.9 Å². The van der Waals surface area contributed by atoms with E-state index in [-0.39, 0.29) is 49.9 Å². The van der Waals surface area contributed by atoms with Gasteiger partial charge in [0, 0.05) is 24.3 Å². The first kappa shape index (κ1) is 67.8. The summed E-state index contributed by atoms with van der Waals surface area (Å²) in [5, 5.41) is 142. The predicted octanol–water partition coefficient (Wildman–Crippen LogP) is 2.52. The summed E-state index contributed by atoms with van der Waals surface area (Å²) in [7, 11) is 0. The number of guanidine groups is 1. The normalized spacial score (nSPS) is 39.1. The molecule has 2 aliphatic heterocycles. The topological polar surface area (TPSA) is 363 Å². The highest BCUT2D eigenvalue weighted by molar-refractivity contribution is 5.75. The van der Waals surface area contributed by atoms with Gasteiger partial charge in [-0.25, -0.2) is 0 Å². The number of nitrogens with two attached hydrogens (primary N) is 2. The van der Waals surface area contributed by atoms with Gasteiger partial charge >= 0.3 is 5.97 Å².